The van der Waals surface area contributed by atoms with Gasteiger partial charge in [-0.2, -0.15) is 0 Å². The van der Waals surface area contributed by atoms with E-state index >= 15 is 0 Å². The number of halogens is 1. The Bertz CT molecular complexity index is 290. The van der Waals surface area contributed by atoms with Gasteiger partial charge in [0.15, 0.2) is 0 Å². The molecule has 0 saturated carbocycles. The monoisotopic (exact) mass is 213 g/mol. The molecule has 1 aromatic carbocycles. The first kappa shape index (κ1) is 11.5. The number of hydrogen-bond donors (Lipinski definition) is 2. The summed E-state index contributed by atoms with van der Waals surface area (Å²) in [5.41, 5.74) is 1.06. The van der Waals surface area contributed by atoms with Gasteiger partial charge in [0.25, 0.3) is 0 Å². The van der Waals surface area contributed by atoms with Crippen molar-refractivity contribution in [3.8, 4) is 0 Å². The van der Waals surface area contributed by atoms with Crippen LogP contribution in [0, 0.1) is 0 Å². The van der Waals surface area contributed by atoms with Crippen LogP contribution in [0.1, 0.15) is 25.5 Å². The van der Waals surface area contributed by atoms with Crippen LogP contribution < -0.4 is 5.32 Å². The van der Waals surface area contributed by atoms with Crippen molar-refractivity contribution in [2.75, 3.05) is 6.61 Å². The minimum Gasteiger partial charge on any atom is -0.395 e. The first-order chi connectivity index (χ1) is 6.65. The summed E-state index contributed by atoms with van der Waals surface area (Å²) >= 11 is 6.04. The van der Waals surface area contributed by atoms with E-state index in [1.807, 2.05) is 38.1 Å². The quantitative estimate of drug-likeness (QED) is 0.805. The van der Waals surface area contributed by atoms with Crippen LogP contribution in [0.3, 0.4) is 0 Å². The lowest BCUT2D eigenvalue weighted by atomic mass is 10.1. The van der Waals surface area contributed by atoms with Gasteiger partial charge in [0.05, 0.1) is 6.61 Å². The Morgan fingerprint density at radius 2 is 2.00 bits per heavy atom. The average molecular weight is 214 g/mol. The van der Waals surface area contributed by atoms with Crippen LogP contribution in [0.25, 0.3) is 0 Å². The highest BCUT2D eigenvalue weighted by Crippen LogP contribution is 2.22. The predicted molar refractivity (Wildman–Crippen MR) is 59.6 cm³/mol. The van der Waals surface area contributed by atoms with Crippen molar-refractivity contribution in [3.05, 3.63) is 34.9 Å². The summed E-state index contributed by atoms with van der Waals surface area (Å²) < 4.78 is 0. The summed E-state index contributed by atoms with van der Waals surface area (Å²) in [6.45, 7) is 4.11. The van der Waals surface area contributed by atoms with Crippen molar-refractivity contribution in [2.45, 2.75) is 25.9 Å². The topological polar surface area (TPSA) is 32.3 Å². The Morgan fingerprint density at radius 3 is 2.57 bits per heavy atom. The van der Waals surface area contributed by atoms with Gasteiger partial charge >= 0.3 is 0 Å². The van der Waals surface area contributed by atoms with Crippen molar-refractivity contribution in [2.24, 2.45) is 0 Å². The molecule has 2 N–H and O–H groups in total. The van der Waals surface area contributed by atoms with E-state index < -0.39 is 0 Å². The van der Waals surface area contributed by atoms with E-state index in [2.05, 4.69) is 5.32 Å². The predicted octanol–water partition coefficient (Wildman–Crippen LogP) is 2.37. The normalized spacial score (nSPS) is 15.1. The molecule has 0 fully saturated rings. The Kier molecular flexibility index (Phi) is 4.39. The summed E-state index contributed by atoms with van der Waals surface area (Å²) in [4.78, 5) is 0. The first-order valence-electron chi connectivity index (χ1n) is 4.76. The van der Waals surface area contributed by atoms with Gasteiger partial charge in [-0.25, -0.2) is 0 Å². The van der Waals surface area contributed by atoms with Gasteiger partial charge in [-0.15, -0.1) is 0 Å². The van der Waals surface area contributed by atoms with E-state index in [0.717, 1.165) is 10.6 Å². The summed E-state index contributed by atoms with van der Waals surface area (Å²) in [5, 5.41) is 12.9. The molecule has 0 aliphatic heterocycles. The lowest BCUT2D eigenvalue weighted by molar-refractivity contribution is 0.243. The van der Waals surface area contributed by atoms with Crippen molar-refractivity contribution in [1.82, 2.24) is 5.32 Å². The van der Waals surface area contributed by atoms with Crippen LogP contribution >= 0.6 is 11.6 Å². The van der Waals surface area contributed by atoms with E-state index in [4.69, 9.17) is 16.7 Å². The summed E-state index contributed by atoms with van der Waals surface area (Å²) in [6.07, 6.45) is 0. The number of aliphatic hydroxyl groups is 1. The van der Waals surface area contributed by atoms with Crippen LogP contribution in [0.5, 0.6) is 0 Å². The molecular formula is C11H16ClNO. The first-order valence-corrected chi connectivity index (χ1v) is 5.14. The zero-order valence-corrected chi connectivity index (χ0v) is 9.25. The molecule has 0 aromatic heterocycles. The molecule has 14 heavy (non-hydrogen) atoms. The van der Waals surface area contributed by atoms with Gasteiger partial charge in [0, 0.05) is 17.1 Å². The fourth-order valence-corrected chi connectivity index (χ4v) is 1.69. The molecule has 0 aliphatic rings. The molecule has 0 unspecified atom stereocenters. The van der Waals surface area contributed by atoms with E-state index in [-0.39, 0.29) is 18.7 Å². The van der Waals surface area contributed by atoms with Gasteiger partial charge in [-0.1, -0.05) is 29.8 Å². The molecule has 0 saturated heterocycles. The number of rotatable bonds is 4. The molecule has 0 bridgehead atoms. The molecule has 0 amide bonds. The van der Waals surface area contributed by atoms with Crippen molar-refractivity contribution in [1.29, 1.82) is 0 Å². The molecular weight excluding hydrogens is 198 g/mol. The van der Waals surface area contributed by atoms with Crippen LogP contribution in [-0.4, -0.2) is 17.8 Å². The second-order valence-corrected chi connectivity index (χ2v) is 3.90. The maximum absolute atomic E-state index is 8.90. The number of nitrogens with one attached hydrogen (secondary N) is 1. The summed E-state index contributed by atoms with van der Waals surface area (Å²) in [5.74, 6) is 0. The third kappa shape index (κ3) is 2.98. The average Bonchev–Trinajstić information content (AvgIpc) is 2.18. The maximum Gasteiger partial charge on any atom is 0.0582 e. The van der Waals surface area contributed by atoms with Crippen molar-refractivity contribution < 1.29 is 5.11 Å². The molecule has 2 nitrogen and oxygen atoms in total. The molecule has 1 aromatic rings. The molecule has 2 atom stereocenters. The van der Waals surface area contributed by atoms with Gasteiger partial charge in [0.1, 0.15) is 0 Å². The van der Waals surface area contributed by atoms with Crippen molar-refractivity contribution >= 4 is 11.6 Å². The van der Waals surface area contributed by atoms with E-state index in [1.165, 1.54) is 0 Å². The molecule has 0 aliphatic carbocycles. The Hall–Kier alpha value is -0.570. The van der Waals surface area contributed by atoms with Crippen LogP contribution in [0.2, 0.25) is 5.02 Å². The summed E-state index contributed by atoms with van der Waals surface area (Å²) in [6, 6.07) is 7.98. The fraction of sp³-hybridized carbons (Fsp3) is 0.455. The van der Waals surface area contributed by atoms with Crippen LogP contribution in [-0.2, 0) is 0 Å². The molecule has 78 valence electrons. The molecule has 0 radical (unpaired) electrons. The molecule has 3 heteroatoms. The van der Waals surface area contributed by atoms with Crippen LogP contribution in [0.4, 0.5) is 0 Å². The second-order valence-electron chi connectivity index (χ2n) is 3.49. The Morgan fingerprint density at radius 1 is 1.36 bits per heavy atom. The smallest absolute Gasteiger partial charge is 0.0582 e. The van der Waals surface area contributed by atoms with Gasteiger partial charge in [-0.05, 0) is 25.5 Å². The highest BCUT2D eigenvalue weighted by molar-refractivity contribution is 6.31. The molecule has 0 spiro atoms. The number of hydrogen-bond acceptors (Lipinski definition) is 2. The lowest BCUT2D eigenvalue weighted by Crippen LogP contribution is -2.31. The Labute approximate surface area is 89.9 Å². The maximum atomic E-state index is 8.90. The van der Waals surface area contributed by atoms with Gasteiger partial charge < -0.3 is 10.4 Å². The third-order valence-corrected chi connectivity index (χ3v) is 2.52. The lowest BCUT2D eigenvalue weighted by Gasteiger charge is -2.19. The minimum absolute atomic E-state index is 0.0845. The van der Waals surface area contributed by atoms with E-state index in [1.54, 1.807) is 0 Å². The zero-order valence-electron chi connectivity index (χ0n) is 8.50. The fourth-order valence-electron chi connectivity index (χ4n) is 1.40. The standard InChI is InChI=1S/C11H16ClNO/c1-8(7-14)13-9(2)10-5-3-4-6-11(10)12/h3-6,8-9,13-14H,7H2,1-2H3/t8-,9+/m1/s1. The largest absolute Gasteiger partial charge is 0.395 e. The van der Waals surface area contributed by atoms with Crippen molar-refractivity contribution in [3.63, 3.8) is 0 Å². The SMILES string of the molecule is C[C@H](CO)N[C@@H](C)c1ccccc1Cl. The highest BCUT2D eigenvalue weighted by atomic mass is 35.5. The van der Waals surface area contributed by atoms with Gasteiger partial charge in [0.2, 0.25) is 0 Å². The second kappa shape index (κ2) is 5.35. The third-order valence-electron chi connectivity index (χ3n) is 2.18. The molecule has 0 heterocycles. The van der Waals surface area contributed by atoms with E-state index in [0.29, 0.717) is 0 Å². The summed E-state index contributed by atoms with van der Waals surface area (Å²) in [7, 11) is 0. The molecule has 1 rings (SSSR count). The Balaban J connectivity index is 2.69. The zero-order chi connectivity index (χ0) is 10.6. The number of aliphatic hydroxyl groups excluding tert-OH is 1. The van der Waals surface area contributed by atoms with Crippen LogP contribution in [0.15, 0.2) is 24.3 Å². The van der Waals surface area contributed by atoms with E-state index in [9.17, 15) is 0 Å². The van der Waals surface area contributed by atoms with Gasteiger partial charge in [-0.3, -0.25) is 0 Å². The number of benzene rings is 1. The minimum atomic E-state index is 0.0845. The highest BCUT2D eigenvalue weighted by Gasteiger charge is 2.10.